The molecule has 0 amide bonds. The molecule has 0 unspecified atom stereocenters. The summed E-state index contributed by atoms with van der Waals surface area (Å²) in [6.07, 6.45) is 9.11. The molecule has 1 aromatic carbocycles. The summed E-state index contributed by atoms with van der Waals surface area (Å²) in [6.45, 7) is 5.68. The summed E-state index contributed by atoms with van der Waals surface area (Å²) in [6, 6.07) is 12.5. The van der Waals surface area contributed by atoms with Crippen LogP contribution in [0, 0.1) is 12.7 Å². The van der Waals surface area contributed by atoms with E-state index in [1.165, 1.54) is 6.07 Å². The highest BCUT2D eigenvalue weighted by Gasteiger charge is 2.17. The molecule has 0 radical (unpaired) electrons. The number of halogens is 1. The Morgan fingerprint density at radius 2 is 2.00 bits per heavy atom. The van der Waals surface area contributed by atoms with Crippen LogP contribution in [0.1, 0.15) is 28.3 Å². The summed E-state index contributed by atoms with van der Waals surface area (Å²) in [7, 11) is 0. The van der Waals surface area contributed by atoms with Crippen LogP contribution in [0.4, 0.5) is 10.2 Å². The number of nitrogens with two attached hydrogens (primary N) is 1. The molecule has 3 aromatic heterocycles. The van der Waals surface area contributed by atoms with Gasteiger partial charge in [-0.15, -0.1) is 0 Å². The topological polar surface area (TPSA) is 80.5 Å². The Morgan fingerprint density at radius 1 is 1.16 bits per heavy atom. The predicted octanol–water partition coefficient (Wildman–Crippen LogP) is 5.10. The van der Waals surface area contributed by atoms with Crippen molar-refractivity contribution in [3.8, 4) is 11.1 Å². The zero-order valence-electron chi connectivity index (χ0n) is 17.1. The van der Waals surface area contributed by atoms with Crippen LogP contribution in [-0.2, 0) is 6.42 Å². The highest BCUT2D eigenvalue weighted by molar-refractivity contribution is 5.80. The van der Waals surface area contributed by atoms with Crippen LogP contribution in [0.2, 0.25) is 0 Å². The normalized spacial score (nSPS) is 11.5. The third-order valence-electron chi connectivity index (χ3n) is 4.99. The number of imidazole rings is 1. The average molecular weight is 411 g/mol. The number of allylic oxidation sites excluding steroid dienone is 2. The molecule has 5 nitrogen and oxygen atoms in total. The summed E-state index contributed by atoms with van der Waals surface area (Å²) in [4.78, 5) is 16.6. The Labute approximate surface area is 180 Å². The van der Waals surface area contributed by atoms with E-state index in [9.17, 15) is 4.39 Å². The first-order valence-corrected chi connectivity index (χ1v) is 9.85. The quantitative estimate of drug-likeness (QED) is 0.432. The predicted molar refractivity (Wildman–Crippen MR) is 122 cm³/mol. The van der Waals surface area contributed by atoms with Gasteiger partial charge in [0.25, 0.3) is 0 Å². The number of nitrogens with one attached hydrogen (secondary N) is 1. The van der Waals surface area contributed by atoms with E-state index in [1.807, 2.05) is 25.1 Å². The van der Waals surface area contributed by atoms with Gasteiger partial charge in [0.2, 0.25) is 0 Å². The van der Waals surface area contributed by atoms with E-state index in [4.69, 9.17) is 10.7 Å². The zero-order valence-corrected chi connectivity index (χ0v) is 17.1. The van der Waals surface area contributed by atoms with E-state index in [0.29, 0.717) is 29.1 Å². The van der Waals surface area contributed by atoms with E-state index < -0.39 is 0 Å². The number of benzene rings is 1. The van der Waals surface area contributed by atoms with E-state index in [0.717, 1.165) is 28.2 Å². The van der Waals surface area contributed by atoms with Crippen LogP contribution in [0.3, 0.4) is 0 Å². The van der Waals surface area contributed by atoms with Gasteiger partial charge in [-0.05, 0) is 25.1 Å². The molecule has 31 heavy (non-hydrogen) atoms. The molecule has 3 N–H and O–H groups in total. The van der Waals surface area contributed by atoms with Crippen LogP contribution in [0.15, 0.2) is 79.8 Å². The van der Waals surface area contributed by atoms with Gasteiger partial charge in [-0.25, -0.2) is 14.4 Å². The van der Waals surface area contributed by atoms with Crippen LogP contribution in [0.25, 0.3) is 16.7 Å². The average Bonchev–Trinajstić information content (AvgIpc) is 3.14. The highest BCUT2D eigenvalue weighted by Crippen LogP contribution is 2.28. The fraction of sp³-hybridized carbons (Fsp3) is 0.0800. The Kier molecular flexibility index (Phi) is 5.71. The van der Waals surface area contributed by atoms with Gasteiger partial charge in [0.15, 0.2) is 0 Å². The second-order valence-corrected chi connectivity index (χ2v) is 7.14. The van der Waals surface area contributed by atoms with Crippen molar-refractivity contribution < 1.29 is 4.39 Å². The number of aromatic amines is 1. The lowest BCUT2D eigenvalue weighted by molar-refractivity contribution is 0.624. The Bertz CT molecular complexity index is 1260. The molecule has 4 rings (SSSR count). The van der Waals surface area contributed by atoms with Crippen LogP contribution >= 0.6 is 0 Å². The number of H-pyrrole nitrogens is 1. The molecule has 0 aliphatic rings. The summed E-state index contributed by atoms with van der Waals surface area (Å²) < 4.78 is 14.4. The molecule has 0 bridgehead atoms. The first kappa shape index (κ1) is 20.2. The Morgan fingerprint density at radius 3 is 2.74 bits per heavy atom. The van der Waals surface area contributed by atoms with Gasteiger partial charge in [0, 0.05) is 58.5 Å². The summed E-state index contributed by atoms with van der Waals surface area (Å²) in [5.74, 6) is 0.854. The molecule has 3 heterocycles. The fourth-order valence-electron chi connectivity index (χ4n) is 3.50. The lowest BCUT2D eigenvalue weighted by Crippen LogP contribution is -2.01. The highest BCUT2D eigenvalue weighted by atomic mass is 19.1. The van der Waals surface area contributed by atoms with Crippen molar-refractivity contribution >= 4 is 11.4 Å². The molecule has 0 saturated heterocycles. The van der Waals surface area contributed by atoms with Gasteiger partial charge in [-0.2, -0.15) is 0 Å². The largest absolute Gasteiger partial charge is 0.383 e. The molecule has 154 valence electrons. The lowest BCUT2D eigenvalue weighted by Gasteiger charge is -2.07. The van der Waals surface area contributed by atoms with Crippen molar-refractivity contribution in [2.75, 3.05) is 5.73 Å². The number of pyridine rings is 2. The van der Waals surface area contributed by atoms with Crippen molar-refractivity contribution in [2.45, 2.75) is 13.3 Å². The fourth-order valence-corrected chi connectivity index (χ4v) is 3.50. The molecule has 0 atom stereocenters. The number of hydrogen-bond acceptors (Lipinski definition) is 4. The SMILES string of the molecule is C=C/C=C(/c1ccccc1F)c1nc(Cc2cc(-c3cccnc3)cnc2N)[nH]c1C. The van der Waals surface area contributed by atoms with Crippen LogP contribution in [-0.4, -0.2) is 19.9 Å². The minimum absolute atomic E-state index is 0.308. The Balaban J connectivity index is 1.69. The van der Waals surface area contributed by atoms with Crippen molar-refractivity contribution in [3.05, 3.63) is 114 Å². The summed E-state index contributed by atoms with van der Waals surface area (Å²) in [5, 5.41) is 0. The van der Waals surface area contributed by atoms with Gasteiger partial charge in [0.1, 0.15) is 17.5 Å². The maximum Gasteiger partial charge on any atom is 0.131 e. The zero-order chi connectivity index (χ0) is 21.8. The molecular formula is C25H22FN5. The maximum absolute atomic E-state index is 14.4. The molecule has 0 saturated carbocycles. The van der Waals surface area contributed by atoms with E-state index in [2.05, 4.69) is 21.5 Å². The lowest BCUT2D eigenvalue weighted by atomic mass is 10.0. The number of nitrogen functional groups attached to an aromatic ring is 1. The molecule has 0 aliphatic carbocycles. The van der Waals surface area contributed by atoms with Crippen LogP contribution in [0.5, 0.6) is 0 Å². The smallest absolute Gasteiger partial charge is 0.131 e. The molecule has 0 spiro atoms. The second kappa shape index (κ2) is 8.75. The van der Waals surface area contributed by atoms with E-state index in [1.54, 1.807) is 48.9 Å². The number of aromatic nitrogens is 4. The van der Waals surface area contributed by atoms with Crippen molar-refractivity contribution in [1.82, 2.24) is 19.9 Å². The summed E-state index contributed by atoms with van der Waals surface area (Å²) in [5.41, 5.74) is 11.5. The minimum Gasteiger partial charge on any atom is -0.383 e. The third kappa shape index (κ3) is 4.28. The number of nitrogens with zero attached hydrogens (tertiary/aromatic N) is 3. The second-order valence-electron chi connectivity index (χ2n) is 7.14. The monoisotopic (exact) mass is 411 g/mol. The number of hydrogen-bond donors (Lipinski definition) is 2. The number of aryl methyl sites for hydroxylation is 1. The molecule has 0 aliphatic heterocycles. The first-order valence-electron chi connectivity index (χ1n) is 9.85. The summed E-state index contributed by atoms with van der Waals surface area (Å²) >= 11 is 0. The van der Waals surface area contributed by atoms with Gasteiger partial charge in [-0.3, -0.25) is 4.98 Å². The molecule has 4 aromatic rings. The molecule has 0 fully saturated rings. The van der Waals surface area contributed by atoms with E-state index >= 15 is 0 Å². The number of rotatable bonds is 6. The van der Waals surface area contributed by atoms with Crippen molar-refractivity contribution in [1.29, 1.82) is 0 Å². The maximum atomic E-state index is 14.4. The van der Waals surface area contributed by atoms with Crippen LogP contribution < -0.4 is 5.73 Å². The number of anilines is 1. The van der Waals surface area contributed by atoms with Gasteiger partial charge >= 0.3 is 0 Å². The van der Waals surface area contributed by atoms with Gasteiger partial charge < -0.3 is 10.7 Å². The van der Waals surface area contributed by atoms with Gasteiger partial charge in [-0.1, -0.05) is 43.0 Å². The molecule has 6 heteroatoms. The van der Waals surface area contributed by atoms with Crippen molar-refractivity contribution in [2.24, 2.45) is 0 Å². The Hall–Kier alpha value is -4.06. The van der Waals surface area contributed by atoms with E-state index in [-0.39, 0.29) is 5.82 Å². The molecular weight excluding hydrogens is 389 g/mol. The first-order chi connectivity index (χ1) is 15.1. The third-order valence-corrected chi connectivity index (χ3v) is 4.99. The van der Waals surface area contributed by atoms with Crippen molar-refractivity contribution in [3.63, 3.8) is 0 Å². The standard InChI is InChI=1S/C25H22FN5/c1-3-7-21(20-9-4-5-10-22(20)26)24-16(2)30-23(31-24)13-18-12-19(15-29-25(18)27)17-8-6-11-28-14-17/h3-12,14-15H,1,13H2,2H3,(H2,27,29)(H,30,31)/b21-7-. The van der Waals surface area contributed by atoms with Gasteiger partial charge in [0.05, 0.1) is 5.69 Å². The minimum atomic E-state index is -0.308.